The summed E-state index contributed by atoms with van der Waals surface area (Å²) in [4.78, 5) is 0. The summed E-state index contributed by atoms with van der Waals surface area (Å²) >= 11 is 0. The SMILES string of the molecule is CC[C@@](C)(O)CCC[C@H]1CC[C@H]2[C@@H]3CC=C4C[C@@](C)(O)CC[C@]4(C)[C@H]3CC[C@]12C. The zero-order valence-corrected chi connectivity index (χ0v) is 19.8. The van der Waals surface area contributed by atoms with Crippen LogP contribution in [0.15, 0.2) is 11.6 Å². The van der Waals surface area contributed by atoms with Crippen LogP contribution >= 0.6 is 0 Å². The maximum absolute atomic E-state index is 10.6. The lowest BCUT2D eigenvalue weighted by molar-refractivity contribution is -0.0665. The van der Waals surface area contributed by atoms with E-state index >= 15 is 0 Å². The molecule has 3 fully saturated rings. The summed E-state index contributed by atoms with van der Waals surface area (Å²) in [6.07, 6.45) is 16.8. The average Bonchev–Trinajstić information content (AvgIpc) is 2.99. The third kappa shape index (κ3) is 3.75. The van der Waals surface area contributed by atoms with Crippen molar-refractivity contribution >= 4 is 0 Å². The summed E-state index contributed by atoms with van der Waals surface area (Å²) in [6.45, 7) is 11.3. The molecule has 0 heterocycles. The van der Waals surface area contributed by atoms with E-state index in [0.717, 1.165) is 49.4 Å². The first-order valence-electron chi connectivity index (χ1n) is 12.7. The predicted molar refractivity (Wildman–Crippen MR) is 121 cm³/mol. The molecule has 0 spiro atoms. The van der Waals surface area contributed by atoms with Crippen molar-refractivity contribution in [1.82, 2.24) is 0 Å². The van der Waals surface area contributed by atoms with Crippen molar-refractivity contribution in [3.63, 3.8) is 0 Å². The first-order chi connectivity index (χ1) is 13.5. The van der Waals surface area contributed by atoms with Crippen LogP contribution in [0, 0.1) is 34.5 Å². The Kier molecular flexibility index (Phi) is 5.56. The van der Waals surface area contributed by atoms with Crippen molar-refractivity contribution in [3.05, 3.63) is 11.6 Å². The van der Waals surface area contributed by atoms with Crippen molar-refractivity contribution in [1.29, 1.82) is 0 Å². The Morgan fingerprint density at radius 3 is 2.55 bits per heavy atom. The molecule has 0 saturated heterocycles. The van der Waals surface area contributed by atoms with Crippen molar-refractivity contribution < 1.29 is 10.2 Å². The van der Waals surface area contributed by atoms with E-state index in [9.17, 15) is 10.2 Å². The van der Waals surface area contributed by atoms with Gasteiger partial charge < -0.3 is 10.2 Å². The Hall–Kier alpha value is -0.340. The maximum Gasteiger partial charge on any atom is 0.0657 e. The van der Waals surface area contributed by atoms with Gasteiger partial charge in [-0.25, -0.2) is 0 Å². The minimum atomic E-state index is -0.487. The van der Waals surface area contributed by atoms with E-state index in [1.54, 1.807) is 5.57 Å². The van der Waals surface area contributed by atoms with Gasteiger partial charge in [0.1, 0.15) is 0 Å². The maximum atomic E-state index is 10.6. The third-order valence-corrected chi connectivity index (χ3v) is 10.6. The highest BCUT2D eigenvalue weighted by molar-refractivity contribution is 5.26. The average molecular weight is 403 g/mol. The topological polar surface area (TPSA) is 40.5 Å². The lowest BCUT2D eigenvalue weighted by Gasteiger charge is -2.59. The van der Waals surface area contributed by atoms with Crippen LogP contribution in [0.4, 0.5) is 0 Å². The van der Waals surface area contributed by atoms with Gasteiger partial charge in [0.15, 0.2) is 0 Å². The Morgan fingerprint density at radius 1 is 1.07 bits per heavy atom. The molecule has 2 nitrogen and oxygen atoms in total. The van der Waals surface area contributed by atoms with E-state index in [1.165, 1.54) is 51.4 Å². The summed E-state index contributed by atoms with van der Waals surface area (Å²) in [6, 6.07) is 0. The molecule has 0 radical (unpaired) electrons. The Morgan fingerprint density at radius 2 is 1.83 bits per heavy atom. The van der Waals surface area contributed by atoms with Gasteiger partial charge in [-0.15, -0.1) is 0 Å². The fourth-order valence-electron chi connectivity index (χ4n) is 8.29. The van der Waals surface area contributed by atoms with Crippen LogP contribution in [0.3, 0.4) is 0 Å². The van der Waals surface area contributed by atoms with Gasteiger partial charge in [-0.2, -0.15) is 0 Å². The number of aliphatic hydroxyl groups is 2. The molecule has 0 aliphatic heterocycles. The Bertz CT molecular complexity index is 647. The number of fused-ring (bicyclic) bond motifs is 5. The number of rotatable bonds is 5. The summed E-state index contributed by atoms with van der Waals surface area (Å²) < 4.78 is 0. The van der Waals surface area contributed by atoms with Crippen LogP contribution in [0.2, 0.25) is 0 Å². The molecule has 0 aromatic rings. The highest BCUT2D eigenvalue weighted by Crippen LogP contribution is 2.67. The van der Waals surface area contributed by atoms with Gasteiger partial charge in [0.05, 0.1) is 11.2 Å². The summed E-state index contributed by atoms with van der Waals surface area (Å²) in [7, 11) is 0. The monoisotopic (exact) mass is 402 g/mol. The highest BCUT2D eigenvalue weighted by Gasteiger charge is 2.58. The molecule has 0 unspecified atom stereocenters. The quantitative estimate of drug-likeness (QED) is 0.506. The Balaban J connectivity index is 1.47. The molecule has 0 aromatic heterocycles. The largest absolute Gasteiger partial charge is 0.390 e. The fraction of sp³-hybridized carbons (Fsp3) is 0.926. The lowest BCUT2D eigenvalue weighted by Crippen LogP contribution is -2.51. The van der Waals surface area contributed by atoms with Gasteiger partial charge in [0.2, 0.25) is 0 Å². The summed E-state index contributed by atoms with van der Waals surface area (Å²) in [5.74, 6) is 3.42. The van der Waals surface area contributed by atoms with Gasteiger partial charge in [-0.3, -0.25) is 0 Å². The Labute approximate surface area is 179 Å². The molecular formula is C27H46O2. The molecule has 29 heavy (non-hydrogen) atoms. The molecule has 0 bridgehead atoms. The van der Waals surface area contributed by atoms with Crippen LogP contribution in [-0.2, 0) is 0 Å². The minimum Gasteiger partial charge on any atom is -0.390 e. The summed E-state index contributed by atoms with van der Waals surface area (Å²) in [5, 5.41) is 21.0. The van der Waals surface area contributed by atoms with E-state index in [1.807, 2.05) is 13.8 Å². The van der Waals surface area contributed by atoms with Crippen LogP contribution < -0.4 is 0 Å². The van der Waals surface area contributed by atoms with Crippen molar-refractivity contribution in [2.24, 2.45) is 34.5 Å². The summed E-state index contributed by atoms with van der Waals surface area (Å²) in [5.41, 5.74) is 1.47. The van der Waals surface area contributed by atoms with Gasteiger partial charge in [0.25, 0.3) is 0 Å². The molecule has 0 aromatic carbocycles. The number of hydrogen-bond donors (Lipinski definition) is 2. The smallest absolute Gasteiger partial charge is 0.0657 e. The predicted octanol–water partition coefficient (Wildman–Crippen LogP) is 6.65. The van der Waals surface area contributed by atoms with Gasteiger partial charge in [-0.1, -0.05) is 38.8 Å². The molecule has 3 saturated carbocycles. The van der Waals surface area contributed by atoms with Crippen LogP contribution in [0.1, 0.15) is 112 Å². The zero-order chi connectivity index (χ0) is 21.1. The van der Waals surface area contributed by atoms with E-state index in [0.29, 0.717) is 10.8 Å². The lowest BCUT2D eigenvalue weighted by atomic mass is 9.46. The van der Waals surface area contributed by atoms with Gasteiger partial charge in [-0.05, 0) is 119 Å². The van der Waals surface area contributed by atoms with Crippen LogP contribution in [0.25, 0.3) is 0 Å². The van der Waals surface area contributed by atoms with E-state index < -0.39 is 11.2 Å². The van der Waals surface area contributed by atoms with Crippen molar-refractivity contribution in [3.8, 4) is 0 Å². The molecule has 4 rings (SSSR count). The zero-order valence-electron chi connectivity index (χ0n) is 19.8. The molecule has 4 aliphatic rings. The molecule has 4 aliphatic carbocycles. The highest BCUT2D eigenvalue weighted by atomic mass is 16.3. The first kappa shape index (κ1) is 21.9. The van der Waals surface area contributed by atoms with Crippen molar-refractivity contribution in [2.75, 3.05) is 0 Å². The second-order valence-corrected chi connectivity index (χ2v) is 12.5. The van der Waals surface area contributed by atoms with Gasteiger partial charge >= 0.3 is 0 Å². The van der Waals surface area contributed by atoms with Crippen molar-refractivity contribution in [2.45, 2.75) is 123 Å². The normalized spacial score (nSPS) is 48.9. The third-order valence-electron chi connectivity index (χ3n) is 10.6. The molecule has 166 valence electrons. The number of hydrogen-bond acceptors (Lipinski definition) is 2. The molecule has 2 heteroatoms. The second kappa shape index (κ2) is 7.37. The standard InChI is InChI=1S/C27H46O2/c1-6-24(2,28)14-7-8-19-10-12-22-21-11-9-20-18-25(3,29)16-17-27(20,5)23(21)13-15-26(19,22)4/h9,19,21-23,28-29H,6-8,10-18H2,1-5H3/t19-,21-,22-,23-,24+,25-,26+,27-/m0/s1. The molecule has 8 atom stereocenters. The molecular weight excluding hydrogens is 356 g/mol. The molecule has 0 amide bonds. The molecule has 2 N–H and O–H groups in total. The minimum absolute atomic E-state index is 0.338. The second-order valence-electron chi connectivity index (χ2n) is 12.5. The van der Waals surface area contributed by atoms with E-state index in [4.69, 9.17) is 0 Å². The van der Waals surface area contributed by atoms with E-state index in [2.05, 4.69) is 26.8 Å². The van der Waals surface area contributed by atoms with Crippen LogP contribution in [-0.4, -0.2) is 21.4 Å². The fourth-order valence-corrected chi connectivity index (χ4v) is 8.29. The first-order valence-corrected chi connectivity index (χ1v) is 12.7. The van der Waals surface area contributed by atoms with Gasteiger partial charge in [0, 0.05) is 0 Å². The van der Waals surface area contributed by atoms with Crippen LogP contribution in [0.5, 0.6) is 0 Å². The van der Waals surface area contributed by atoms with E-state index in [-0.39, 0.29) is 0 Å². The number of allylic oxidation sites excluding steroid dienone is 1.